The van der Waals surface area contributed by atoms with Crippen LogP contribution < -0.4 is 8.92 Å². The highest BCUT2D eigenvalue weighted by molar-refractivity contribution is 7.87. The molecule has 0 N–H and O–H groups in total. The molecule has 2 heterocycles. The molecule has 3 aromatic carbocycles. The van der Waals surface area contributed by atoms with Crippen molar-refractivity contribution in [1.29, 1.82) is 0 Å². The number of halogens is 3. The number of aryl methyl sites for hydroxylation is 2. The molecule has 13 heteroatoms. The Hall–Kier alpha value is -4.91. The van der Waals surface area contributed by atoms with Gasteiger partial charge in [0.05, 0.1) is 11.8 Å². The molecule has 0 amide bonds. The van der Waals surface area contributed by atoms with Gasteiger partial charge in [-0.3, -0.25) is 0 Å². The van der Waals surface area contributed by atoms with Crippen LogP contribution >= 0.6 is 0 Å². The summed E-state index contributed by atoms with van der Waals surface area (Å²) in [6.45, 7) is 0.745. The van der Waals surface area contributed by atoms with Gasteiger partial charge < -0.3 is 13.3 Å². The van der Waals surface area contributed by atoms with Crippen molar-refractivity contribution in [3.8, 4) is 11.6 Å². The minimum absolute atomic E-state index is 0.0447. The lowest BCUT2D eigenvalue weighted by atomic mass is 10.1. The number of hydrogen-bond donors (Lipinski definition) is 0. The minimum Gasteiger partial charge on any atom is -0.487 e. The highest BCUT2D eigenvalue weighted by Gasteiger charge is 2.29. The van der Waals surface area contributed by atoms with E-state index in [0.717, 1.165) is 37.0 Å². The number of ether oxygens (including phenoxy) is 1. The van der Waals surface area contributed by atoms with E-state index in [2.05, 4.69) is 15.3 Å². The van der Waals surface area contributed by atoms with Crippen LogP contribution in [0.15, 0.2) is 101 Å². The summed E-state index contributed by atoms with van der Waals surface area (Å²) in [5, 5.41) is 7.74. The van der Waals surface area contributed by atoms with E-state index in [0.29, 0.717) is 29.4 Å². The van der Waals surface area contributed by atoms with Crippen molar-refractivity contribution in [3.05, 3.63) is 120 Å². The monoisotopic (exact) mass is 624 g/mol. The van der Waals surface area contributed by atoms with Gasteiger partial charge in [-0.15, -0.1) is 0 Å². The largest absolute Gasteiger partial charge is 0.487 e. The third kappa shape index (κ3) is 8.57. The van der Waals surface area contributed by atoms with Crippen LogP contribution in [0.5, 0.6) is 11.6 Å². The lowest BCUT2D eigenvalue weighted by Gasteiger charge is -2.06. The quantitative estimate of drug-likeness (QED) is 0.104. The lowest BCUT2D eigenvalue weighted by Crippen LogP contribution is -2.09. The second-order valence-corrected chi connectivity index (χ2v) is 11.2. The molecule has 228 valence electrons. The maximum absolute atomic E-state index is 12.7. The van der Waals surface area contributed by atoms with Crippen LogP contribution in [-0.4, -0.2) is 28.4 Å². The molecule has 0 aliphatic carbocycles. The smallest absolute Gasteiger partial charge is 0.416 e. The number of rotatable bonds is 13. The number of benzene rings is 3. The number of alkyl halides is 3. The predicted octanol–water partition coefficient (Wildman–Crippen LogP) is 6.82. The van der Waals surface area contributed by atoms with Crippen molar-refractivity contribution >= 4 is 22.3 Å². The molecule has 0 unspecified atom stereocenters. The van der Waals surface area contributed by atoms with E-state index < -0.39 is 21.9 Å². The van der Waals surface area contributed by atoms with Gasteiger partial charge in [0, 0.05) is 12.6 Å². The van der Waals surface area contributed by atoms with Gasteiger partial charge in [0.25, 0.3) is 5.88 Å². The third-order valence-electron chi connectivity index (χ3n) is 6.38. The van der Waals surface area contributed by atoms with Gasteiger partial charge in [0.2, 0.25) is 5.89 Å². The summed E-state index contributed by atoms with van der Waals surface area (Å²) >= 11 is 0. The Balaban J connectivity index is 1.02. The highest BCUT2D eigenvalue weighted by atomic mass is 32.2. The maximum atomic E-state index is 12.7. The second kappa shape index (κ2) is 13.6. The number of hydrogen-bond acceptors (Lipinski definition) is 8. The van der Waals surface area contributed by atoms with Crippen LogP contribution in [0.2, 0.25) is 0 Å². The highest BCUT2D eigenvalue weighted by Crippen LogP contribution is 2.29. The van der Waals surface area contributed by atoms with Crippen molar-refractivity contribution in [2.45, 2.75) is 43.5 Å². The van der Waals surface area contributed by atoms with Crippen molar-refractivity contribution < 1.29 is 34.9 Å². The molecule has 44 heavy (non-hydrogen) atoms. The first-order chi connectivity index (χ1) is 21.1. The van der Waals surface area contributed by atoms with Gasteiger partial charge in [-0.25, -0.2) is 9.67 Å². The molecular formula is C31H27F3N4O5S. The summed E-state index contributed by atoms with van der Waals surface area (Å²) in [7, 11) is -3.96. The fraction of sp³-hybridized carbons (Fsp3) is 0.194. The zero-order valence-corrected chi connectivity index (χ0v) is 24.0. The van der Waals surface area contributed by atoms with Crippen LogP contribution in [-0.2, 0) is 35.9 Å². The molecule has 0 bridgehead atoms. The van der Waals surface area contributed by atoms with Crippen LogP contribution in [0.3, 0.4) is 0 Å². The van der Waals surface area contributed by atoms with Crippen LogP contribution in [0.1, 0.15) is 41.1 Å². The second-order valence-electron chi connectivity index (χ2n) is 9.69. The van der Waals surface area contributed by atoms with Crippen LogP contribution in [0.25, 0.3) is 12.2 Å². The van der Waals surface area contributed by atoms with E-state index in [1.165, 1.54) is 36.7 Å². The molecule has 5 rings (SSSR count). The maximum Gasteiger partial charge on any atom is 0.416 e. The molecule has 5 aromatic rings. The lowest BCUT2D eigenvalue weighted by molar-refractivity contribution is -0.137. The Kier molecular flexibility index (Phi) is 9.44. The standard InChI is InChI=1S/C31H27F3N4O5S/c32-31(33,34)25-14-9-24(10-15-25)13-18-29-35-26(22-42-29)21-41-27-16-11-23(12-17-27)6-4-5-19-38-20-30(36-37-38)43-44(39,40)28-7-2-1-3-8-28/h1-3,7-18,20,22H,4-6,19,21H2. The summed E-state index contributed by atoms with van der Waals surface area (Å²) < 4.78 is 80.6. The van der Waals surface area contributed by atoms with Crippen LogP contribution in [0, 0.1) is 0 Å². The van der Waals surface area contributed by atoms with Gasteiger partial charge in [0.1, 0.15) is 29.2 Å². The predicted molar refractivity (Wildman–Crippen MR) is 155 cm³/mol. The molecule has 0 saturated heterocycles. The third-order valence-corrected chi connectivity index (χ3v) is 7.62. The summed E-state index contributed by atoms with van der Waals surface area (Å²) in [6, 6.07) is 20.3. The number of nitrogens with zero attached hydrogens (tertiary/aromatic N) is 4. The van der Waals surface area contributed by atoms with Gasteiger partial charge in [0.15, 0.2) is 0 Å². The van der Waals surface area contributed by atoms with Gasteiger partial charge in [-0.1, -0.05) is 52.8 Å². The van der Waals surface area contributed by atoms with Gasteiger partial charge >= 0.3 is 16.3 Å². The molecule has 0 aliphatic rings. The zero-order valence-electron chi connectivity index (χ0n) is 23.2. The Morgan fingerprint density at radius 2 is 1.66 bits per heavy atom. The number of aromatic nitrogens is 4. The first kappa shape index (κ1) is 30.5. The van der Waals surface area contributed by atoms with Crippen LogP contribution in [0.4, 0.5) is 13.2 Å². The molecule has 0 spiro atoms. The van der Waals surface area contributed by atoms with Crippen molar-refractivity contribution in [1.82, 2.24) is 20.0 Å². The average Bonchev–Trinajstić information content (AvgIpc) is 3.67. The van der Waals surface area contributed by atoms with E-state index in [9.17, 15) is 21.6 Å². The fourth-order valence-electron chi connectivity index (χ4n) is 4.10. The van der Waals surface area contributed by atoms with Crippen molar-refractivity contribution in [3.63, 3.8) is 0 Å². The number of unbranched alkanes of at least 4 members (excludes halogenated alkanes) is 1. The van der Waals surface area contributed by atoms with Crippen molar-refractivity contribution in [2.24, 2.45) is 0 Å². The zero-order chi connectivity index (χ0) is 31.0. The molecule has 9 nitrogen and oxygen atoms in total. The van der Waals surface area contributed by atoms with E-state index in [4.69, 9.17) is 13.3 Å². The number of oxazole rings is 1. The molecule has 0 atom stereocenters. The van der Waals surface area contributed by atoms with Gasteiger partial charge in [-0.05, 0) is 72.9 Å². The SMILES string of the molecule is O=S(=O)(Oc1cn(CCCCc2ccc(OCc3coc(C=Cc4ccc(C(F)(F)F)cc4)n3)cc2)nn1)c1ccccc1. The average molecular weight is 625 g/mol. The normalized spacial score (nSPS) is 12.1. The fourth-order valence-corrected chi connectivity index (χ4v) is 4.99. The summed E-state index contributed by atoms with van der Waals surface area (Å²) in [5.74, 6) is 0.894. The Morgan fingerprint density at radius 1 is 0.909 bits per heavy atom. The Morgan fingerprint density at radius 3 is 2.39 bits per heavy atom. The van der Waals surface area contributed by atoms with E-state index in [-0.39, 0.29) is 17.4 Å². The molecule has 0 aliphatic heterocycles. The van der Waals surface area contributed by atoms with E-state index in [1.807, 2.05) is 24.3 Å². The first-order valence-electron chi connectivity index (χ1n) is 13.6. The summed E-state index contributed by atoms with van der Waals surface area (Å²) in [5.41, 5.74) is 1.58. The molecule has 0 radical (unpaired) electrons. The molecule has 2 aromatic heterocycles. The van der Waals surface area contributed by atoms with E-state index in [1.54, 1.807) is 35.0 Å². The Bertz CT molecular complexity index is 1780. The topological polar surface area (TPSA) is 109 Å². The minimum atomic E-state index is -4.37. The van der Waals surface area contributed by atoms with Gasteiger partial charge in [-0.2, -0.15) is 21.6 Å². The molecular weight excluding hydrogens is 597 g/mol. The first-order valence-corrected chi connectivity index (χ1v) is 15.0. The summed E-state index contributed by atoms with van der Waals surface area (Å²) in [6.07, 6.45) is 4.25. The Labute approximate surface area is 251 Å². The molecule has 0 fully saturated rings. The summed E-state index contributed by atoms with van der Waals surface area (Å²) in [4.78, 5) is 4.36. The van der Waals surface area contributed by atoms with E-state index >= 15 is 0 Å². The molecule has 0 saturated carbocycles. The van der Waals surface area contributed by atoms with Crippen molar-refractivity contribution in [2.75, 3.05) is 0 Å².